The van der Waals surface area contributed by atoms with Crippen molar-refractivity contribution >= 4 is 23.0 Å². The van der Waals surface area contributed by atoms with Gasteiger partial charge < -0.3 is 10.5 Å². The third-order valence-electron chi connectivity index (χ3n) is 2.52. The second kappa shape index (κ2) is 4.78. The number of carbonyl (C=O) groups excluding carboxylic acids is 1. The first-order valence-corrected chi connectivity index (χ1v) is 6.08. The number of halogens is 1. The van der Waals surface area contributed by atoms with Crippen molar-refractivity contribution in [2.75, 3.05) is 12.8 Å². The maximum absolute atomic E-state index is 13.7. The number of nitrogen functional groups attached to an aromatic ring is 1. The predicted octanol–water partition coefficient (Wildman–Crippen LogP) is 3.23. The van der Waals surface area contributed by atoms with Crippen LogP contribution in [0.2, 0.25) is 0 Å². The predicted molar refractivity (Wildman–Crippen MR) is 70.2 cm³/mol. The standard InChI is InChI=1S/C13H12FNO2S/c1-7-3-4-9(14)8(5-7)11-6-10(15)12(18-11)13(16)17-2/h3-6H,15H2,1-2H3. The third-order valence-corrected chi connectivity index (χ3v) is 3.68. The molecule has 0 aliphatic carbocycles. The fraction of sp³-hybridized carbons (Fsp3) is 0.154. The van der Waals surface area contributed by atoms with E-state index in [0.29, 0.717) is 21.0 Å². The highest BCUT2D eigenvalue weighted by molar-refractivity contribution is 7.18. The number of benzene rings is 1. The lowest BCUT2D eigenvalue weighted by atomic mass is 10.1. The summed E-state index contributed by atoms with van der Waals surface area (Å²) < 4.78 is 18.3. The summed E-state index contributed by atoms with van der Waals surface area (Å²) in [6.45, 7) is 1.88. The molecular formula is C13H12FNO2S. The first kappa shape index (κ1) is 12.6. The van der Waals surface area contributed by atoms with Crippen LogP contribution < -0.4 is 5.73 Å². The number of ether oxygens (including phenoxy) is 1. The number of thiophene rings is 1. The Balaban J connectivity index is 2.52. The monoisotopic (exact) mass is 265 g/mol. The van der Waals surface area contributed by atoms with Crippen LogP contribution in [0.4, 0.5) is 10.1 Å². The number of carbonyl (C=O) groups is 1. The number of aryl methyl sites for hydroxylation is 1. The molecule has 0 atom stereocenters. The molecule has 0 radical (unpaired) electrons. The Morgan fingerprint density at radius 3 is 2.78 bits per heavy atom. The van der Waals surface area contributed by atoms with Gasteiger partial charge in [0.2, 0.25) is 0 Å². The number of esters is 1. The van der Waals surface area contributed by atoms with E-state index in [4.69, 9.17) is 5.73 Å². The number of hydrogen-bond donors (Lipinski definition) is 1. The highest BCUT2D eigenvalue weighted by Gasteiger charge is 2.17. The molecule has 1 aromatic carbocycles. The summed E-state index contributed by atoms with van der Waals surface area (Å²) >= 11 is 1.13. The summed E-state index contributed by atoms with van der Waals surface area (Å²) in [4.78, 5) is 12.4. The van der Waals surface area contributed by atoms with E-state index in [-0.39, 0.29) is 5.82 Å². The van der Waals surface area contributed by atoms with Crippen molar-refractivity contribution in [2.24, 2.45) is 0 Å². The Bertz CT molecular complexity index is 607. The van der Waals surface area contributed by atoms with E-state index in [9.17, 15) is 9.18 Å². The van der Waals surface area contributed by atoms with Crippen LogP contribution in [0.3, 0.4) is 0 Å². The summed E-state index contributed by atoms with van der Waals surface area (Å²) in [6, 6.07) is 6.41. The molecule has 1 aromatic heterocycles. The molecule has 0 aliphatic heterocycles. The van der Waals surface area contributed by atoms with E-state index < -0.39 is 5.97 Å². The zero-order valence-corrected chi connectivity index (χ0v) is 10.8. The van der Waals surface area contributed by atoms with Crippen LogP contribution in [-0.2, 0) is 4.74 Å². The van der Waals surface area contributed by atoms with Crippen molar-refractivity contribution in [1.29, 1.82) is 0 Å². The highest BCUT2D eigenvalue weighted by Crippen LogP contribution is 2.35. The summed E-state index contributed by atoms with van der Waals surface area (Å²) in [5, 5.41) is 0. The van der Waals surface area contributed by atoms with Crippen LogP contribution >= 0.6 is 11.3 Å². The van der Waals surface area contributed by atoms with E-state index in [1.807, 2.05) is 6.92 Å². The second-order valence-electron chi connectivity index (χ2n) is 3.87. The molecule has 2 rings (SSSR count). The Morgan fingerprint density at radius 1 is 1.39 bits per heavy atom. The van der Waals surface area contributed by atoms with Gasteiger partial charge >= 0.3 is 5.97 Å². The molecule has 2 aromatic rings. The van der Waals surface area contributed by atoms with Crippen LogP contribution in [0, 0.1) is 12.7 Å². The first-order valence-electron chi connectivity index (χ1n) is 5.27. The number of hydrogen-bond acceptors (Lipinski definition) is 4. The van der Waals surface area contributed by atoms with Crippen LogP contribution in [0.25, 0.3) is 10.4 Å². The molecule has 94 valence electrons. The largest absolute Gasteiger partial charge is 0.465 e. The zero-order chi connectivity index (χ0) is 13.3. The van der Waals surface area contributed by atoms with Crippen LogP contribution in [0.15, 0.2) is 24.3 Å². The van der Waals surface area contributed by atoms with Gasteiger partial charge in [0.15, 0.2) is 0 Å². The number of methoxy groups -OCH3 is 1. The van der Waals surface area contributed by atoms with Crippen molar-refractivity contribution < 1.29 is 13.9 Å². The topological polar surface area (TPSA) is 52.3 Å². The van der Waals surface area contributed by atoms with E-state index >= 15 is 0 Å². The molecule has 1 heterocycles. The van der Waals surface area contributed by atoms with Gasteiger partial charge in [0, 0.05) is 10.4 Å². The third kappa shape index (κ3) is 2.22. The second-order valence-corrected chi connectivity index (χ2v) is 4.92. The molecule has 0 saturated carbocycles. The Morgan fingerprint density at radius 2 is 2.11 bits per heavy atom. The van der Waals surface area contributed by atoms with Gasteiger partial charge in [-0.3, -0.25) is 0 Å². The maximum atomic E-state index is 13.7. The molecule has 2 N–H and O–H groups in total. The quantitative estimate of drug-likeness (QED) is 0.848. The maximum Gasteiger partial charge on any atom is 0.350 e. The molecule has 0 amide bonds. The van der Waals surface area contributed by atoms with Crippen molar-refractivity contribution in [2.45, 2.75) is 6.92 Å². The molecule has 18 heavy (non-hydrogen) atoms. The Kier molecular flexibility index (Phi) is 3.34. The lowest BCUT2D eigenvalue weighted by molar-refractivity contribution is 0.0607. The molecule has 0 spiro atoms. The average molecular weight is 265 g/mol. The minimum atomic E-state index is -0.503. The average Bonchev–Trinajstić information content (AvgIpc) is 2.73. The SMILES string of the molecule is COC(=O)c1sc(-c2cc(C)ccc2F)cc1N. The van der Waals surface area contributed by atoms with E-state index in [1.165, 1.54) is 13.2 Å². The molecule has 0 fully saturated rings. The number of nitrogens with two attached hydrogens (primary N) is 1. The van der Waals surface area contributed by atoms with E-state index in [1.54, 1.807) is 18.2 Å². The molecule has 3 nitrogen and oxygen atoms in total. The van der Waals surface area contributed by atoms with Gasteiger partial charge in [0.05, 0.1) is 12.8 Å². The fourth-order valence-corrected chi connectivity index (χ4v) is 2.63. The lowest BCUT2D eigenvalue weighted by Gasteiger charge is -2.01. The first-order chi connectivity index (χ1) is 8.52. The summed E-state index contributed by atoms with van der Waals surface area (Å²) in [7, 11) is 1.29. The van der Waals surface area contributed by atoms with Crippen molar-refractivity contribution in [1.82, 2.24) is 0 Å². The van der Waals surface area contributed by atoms with Crippen LogP contribution in [-0.4, -0.2) is 13.1 Å². The Labute approximate surface area is 108 Å². The van der Waals surface area contributed by atoms with Gasteiger partial charge in [-0.05, 0) is 25.1 Å². The van der Waals surface area contributed by atoms with Crippen LogP contribution in [0.1, 0.15) is 15.2 Å². The molecule has 0 saturated heterocycles. The van der Waals surface area contributed by atoms with Crippen molar-refractivity contribution in [3.05, 3.63) is 40.5 Å². The van der Waals surface area contributed by atoms with Crippen molar-refractivity contribution in [3.63, 3.8) is 0 Å². The molecule has 0 aliphatic rings. The molecular weight excluding hydrogens is 253 g/mol. The fourth-order valence-electron chi connectivity index (χ4n) is 1.62. The van der Waals surface area contributed by atoms with Crippen molar-refractivity contribution in [3.8, 4) is 10.4 Å². The van der Waals surface area contributed by atoms with Gasteiger partial charge in [0.1, 0.15) is 10.7 Å². The molecule has 0 bridgehead atoms. The molecule has 0 unspecified atom stereocenters. The molecule has 5 heteroatoms. The number of rotatable bonds is 2. The minimum absolute atomic E-state index is 0.299. The highest BCUT2D eigenvalue weighted by atomic mass is 32.1. The van der Waals surface area contributed by atoms with E-state index in [0.717, 1.165) is 16.9 Å². The van der Waals surface area contributed by atoms with Gasteiger partial charge in [-0.15, -0.1) is 11.3 Å². The van der Waals surface area contributed by atoms with Gasteiger partial charge in [-0.2, -0.15) is 0 Å². The normalized spacial score (nSPS) is 10.4. The smallest absolute Gasteiger partial charge is 0.350 e. The summed E-state index contributed by atoms with van der Waals surface area (Å²) in [5.41, 5.74) is 7.43. The summed E-state index contributed by atoms with van der Waals surface area (Å²) in [6.07, 6.45) is 0. The summed E-state index contributed by atoms with van der Waals surface area (Å²) in [5.74, 6) is -0.838. The zero-order valence-electron chi connectivity index (χ0n) is 9.99. The van der Waals surface area contributed by atoms with Gasteiger partial charge in [-0.25, -0.2) is 9.18 Å². The van der Waals surface area contributed by atoms with Gasteiger partial charge in [-0.1, -0.05) is 11.6 Å². The minimum Gasteiger partial charge on any atom is -0.465 e. The lowest BCUT2D eigenvalue weighted by Crippen LogP contribution is -2.00. The Hall–Kier alpha value is -1.88. The van der Waals surface area contributed by atoms with Crippen LogP contribution in [0.5, 0.6) is 0 Å². The number of anilines is 1. The van der Waals surface area contributed by atoms with E-state index in [2.05, 4.69) is 4.74 Å². The van der Waals surface area contributed by atoms with Gasteiger partial charge in [0.25, 0.3) is 0 Å².